The molecule has 1 fully saturated rings. The molecule has 6 nitrogen and oxygen atoms in total. The number of nitrogen functional groups attached to an aromatic ring is 1. The molecular formula is C22H25F3N4O2. The monoisotopic (exact) mass is 434 g/mol. The van der Waals surface area contributed by atoms with Gasteiger partial charge in [-0.25, -0.2) is 0 Å². The van der Waals surface area contributed by atoms with Crippen LogP contribution in [-0.2, 0) is 6.18 Å². The van der Waals surface area contributed by atoms with Crippen molar-refractivity contribution in [2.24, 2.45) is 5.73 Å². The molecule has 0 aliphatic carbocycles. The highest BCUT2D eigenvalue weighted by atomic mass is 19.4. The lowest BCUT2D eigenvalue weighted by molar-refractivity contribution is -0.139. The van der Waals surface area contributed by atoms with Crippen LogP contribution >= 0.6 is 0 Å². The van der Waals surface area contributed by atoms with E-state index in [9.17, 15) is 18.3 Å². The van der Waals surface area contributed by atoms with Gasteiger partial charge in [-0.3, -0.25) is 5.41 Å². The number of hydrogen-bond acceptors (Lipinski definition) is 5. The van der Waals surface area contributed by atoms with Crippen molar-refractivity contribution in [3.8, 4) is 11.5 Å². The summed E-state index contributed by atoms with van der Waals surface area (Å²) in [5.41, 5.74) is 5.85. The lowest BCUT2D eigenvalue weighted by Gasteiger charge is -2.25. The molecule has 2 aromatic carbocycles. The first-order chi connectivity index (χ1) is 14.7. The number of hydrogen-bond donors (Lipinski definition) is 5. The minimum Gasteiger partial charge on any atom is -0.507 e. The first kappa shape index (κ1) is 22.5. The minimum absolute atomic E-state index is 0.0139. The van der Waals surface area contributed by atoms with E-state index in [0.717, 1.165) is 19.2 Å². The summed E-state index contributed by atoms with van der Waals surface area (Å²) in [5, 5.41) is 23.4. The van der Waals surface area contributed by atoms with Crippen molar-refractivity contribution in [2.75, 3.05) is 25.0 Å². The highest BCUT2D eigenvalue weighted by Crippen LogP contribution is 2.38. The van der Waals surface area contributed by atoms with Gasteiger partial charge in [0, 0.05) is 23.4 Å². The molecule has 1 aliphatic rings. The molecule has 1 aliphatic heterocycles. The highest BCUT2D eigenvalue weighted by molar-refractivity contribution is 5.95. The molecule has 9 heteroatoms. The third kappa shape index (κ3) is 6.14. The van der Waals surface area contributed by atoms with Crippen LogP contribution in [0.4, 0.5) is 18.9 Å². The fraction of sp³-hybridized carbons (Fsp3) is 0.318. The van der Waals surface area contributed by atoms with Gasteiger partial charge in [-0.15, -0.1) is 0 Å². The summed E-state index contributed by atoms with van der Waals surface area (Å²) in [4.78, 5) is 0. The van der Waals surface area contributed by atoms with Crippen LogP contribution in [0.5, 0.6) is 11.5 Å². The molecule has 0 amide bonds. The third-order valence-corrected chi connectivity index (χ3v) is 4.92. The van der Waals surface area contributed by atoms with E-state index in [1.165, 1.54) is 18.2 Å². The van der Waals surface area contributed by atoms with Crippen molar-refractivity contribution < 1.29 is 23.0 Å². The first-order valence-electron chi connectivity index (χ1n) is 9.90. The summed E-state index contributed by atoms with van der Waals surface area (Å²) >= 11 is 0. The summed E-state index contributed by atoms with van der Waals surface area (Å²) in [5.74, 6) is -0.272. The van der Waals surface area contributed by atoms with Crippen LogP contribution in [0.15, 0.2) is 42.5 Å². The summed E-state index contributed by atoms with van der Waals surface area (Å²) in [7, 11) is 0. The zero-order valence-corrected chi connectivity index (χ0v) is 16.8. The van der Waals surface area contributed by atoms with Crippen molar-refractivity contribution in [3.05, 3.63) is 59.2 Å². The number of phenols is 1. The Morgan fingerprint density at radius 3 is 2.65 bits per heavy atom. The van der Waals surface area contributed by atoms with E-state index < -0.39 is 11.7 Å². The van der Waals surface area contributed by atoms with E-state index in [1.54, 1.807) is 24.3 Å². The van der Waals surface area contributed by atoms with Crippen LogP contribution in [-0.4, -0.2) is 36.7 Å². The van der Waals surface area contributed by atoms with Gasteiger partial charge in [0.15, 0.2) is 0 Å². The number of benzene rings is 2. The molecule has 6 N–H and O–H groups in total. The third-order valence-electron chi connectivity index (χ3n) is 4.92. The van der Waals surface area contributed by atoms with Gasteiger partial charge in [-0.05, 0) is 62.3 Å². The van der Waals surface area contributed by atoms with E-state index in [0.29, 0.717) is 29.7 Å². The van der Waals surface area contributed by atoms with Gasteiger partial charge in [0.05, 0.1) is 5.56 Å². The van der Waals surface area contributed by atoms with Crippen molar-refractivity contribution in [1.29, 1.82) is 5.41 Å². The number of piperidine rings is 1. The Balaban J connectivity index is 1.68. The average Bonchev–Trinajstić information content (AvgIpc) is 2.73. The average molecular weight is 434 g/mol. The Labute approximate surface area is 178 Å². The number of rotatable bonds is 7. The second-order valence-corrected chi connectivity index (χ2v) is 7.25. The van der Waals surface area contributed by atoms with Crippen molar-refractivity contribution in [1.82, 2.24) is 5.32 Å². The fourth-order valence-corrected chi connectivity index (χ4v) is 3.28. The minimum atomic E-state index is -4.53. The molecule has 2 aromatic rings. The van der Waals surface area contributed by atoms with Crippen LogP contribution < -0.4 is 21.1 Å². The molecule has 0 aromatic heterocycles. The summed E-state index contributed by atoms with van der Waals surface area (Å²) in [6.45, 7) is 1.68. The van der Waals surface area contributed by atoms with Gasteiger partial charge in [-0.1, -0.05) is 12.2 Å². The predicted octanol–water partition coefficient (Wildman–Crippen LogP) is 3.95. The Hall–Kier alpha value is -3.20. The maximum absolute atomic E-state index is 13.6. The standard InChI is InChI=1S/C22H25F3N4O2/c23-22(24,25)18-13-16(4-6-20(18)31-17-7-10-28-11-8-17)29-9-1-2-14-12-15(21(26)27)3-5-19(14)30/h1-6,12-13,17,28-30H,7-11H2,(H3,26,27)/b2-1+. The van der Waals surface area contributed by atoms with Gasteiger partial charge >= 0.3 is 6.18 Å². The van der Waals surface area contributed by atoms with Crippen molar-refractivity contribution in [2.45, 2.75) is 25.1 Å². The number of nitrogens with one attached hydrogen (secondary N) is 3. The molecule has 0 spiro atoms. The Bertz CT molecular complexity index is 954. The summed E-state index contributed by atoms with van der Waals surface area (Å²) in [6, 6.07) is 8.45. The number of phenolic OH excluding ortho intramolecular Hbond substituents is 1. The van der Waals surface area contributed by atoms with Crippen LogP contribution in [0.1, 0.15) is 29.5 Å². The van der Waals surface area contributed by atoms with Crippen LogP contribution in [0.25, 0.3) is 6.08 Å². The van der Waals surface area contributed by atoms with Gasteiger partial charge in [0.2, 0.25) is 0 Å². The zero-order chi connectivity index (χ0) is 22.4. The first-order valence-corrected chi connectivity index (χ1v) is 9.90. The number of ether oxygens (including phenoxy) is 1. The molecule has 1 saturated heterocycles. The fourth-order valence-electron chi connectivity index (χ4n) is 3.28. The molecule has 0 radical (unpaired) electrons. The maximum atomic E-state index is 13.6. The Morgan fingerprint density at radius 1 is 1.23 bits per heavy atom. The predicted molar refractivity (Wildman–Crippen MR) is 115 cm³/mol. The van der Waals surface area contributed by atoms with Gasteiger partial charge < -0.3 is 26.2 Å². The second-order valence-electron chi connectivity index (χ2n) is 7.25. The lowest BCUT2D eigenvalue weighted by Crippen LogP contribution is -2.34. The number of nitrogens with two attached hydrogens (primary N) is 1. The zero-order valence-electron chi connectivity index (χ0n) is 16.8. The van der Waals surface area contributed by atoms with E-state index in [1.807, 2.05) is 0 Å². The number of amidine groups is 1. The van der Waals surface area contributed by atoms with Gasteiger partial charge in [0.25, 0.3) is 0 Å². The van der Waals surface area contributed by atoms with Crippen molar-refractivity contribution in [3.63, 3.8) is 0 Å². The molecule has 0 bridgehead atoms. The second kappa shape index (κ2) is 9.74. The smallest absolute Gasteiger partial charge is 0.420 e. The van der Waals surface area contributed by atoms with Crippen LogP contribution in [0.3, 0.4) is 0 Å². The number of aromatic hydroxyl groups is 1. The molecular weight excluding hydrogens is 409 g/mol. The number of halogens is 3. The molecule has 0 unspecified atom stereocenters. The molecule has 31 heavy (non-hydrogen) atoms. The van der Waals surface area contributed by atoms with Gasteiger partial charge in [-0.2, -0.15) is 13.2 Å². The SMILES string of the molecule is N=C(N)c1ccc(O)c(/C=C/CNc2ccc(OC3CCNCC3)c(C(F)(F)F)c2)c1. The summed E-state index contributed by atoms with van der Waals surface area (Å²) < 4.78 is 46.3. The summed E-state index contributed by atoms with van der Waals surface area (Å²) in [6.07, 6.45) is -0.170. The molecule has 1 heterocycles. The topological polar surface area (TPSA) is 103 Å². The molecule has 0 saturated carbocycles. The van der Waals surface area contributed by atoms with E-state index in [4.69, 9.17) is 15.9 Å². The molecule has 0 atom stereocenters. The largest absolute Gasteiger partial charge is 0.507 e. The van der Waals surface area contributed by atoms with Crippen molar-refractivity contribution >= 4 is 17.6 Å². The van der Waals surface area contributed by atoms with E-state index >= 15 is 0 Å². The van der Waals surface area contributed by atoms with Gasteiger partial charge in [0.1, 0.15) is 23.4 Å². The van der Waals surface area contributed by atoms with E-state index in [2.05, 4.69) is 10.6 Å². The normalized spacial score (nSPS) is 15.2. The number of alkyl halides is 3. The van der Waals surface area contributed by atoms with Crippen LogP contribution in [0, 0.1) is 5.41 Å². The maximum Gasteiger partial charge on any atom is 0.420 e. The number of anilines is 1. The highest BCUT2D eigenvalue weighted by Gasteiger charge is 2.35. The van der Waals surface area contributed by atoms with Crippen LogP contribution in [0.2, 0.25) is 0 Å². The van der Waals surface area contributed by atoms with E-state index in [-0.39, 0.29) is 30.0 Å². The molecule has 3 rings (SSSR count). The quantitative estimate of drug-likeness (QED) is 0.335. The Kier molecular flexibility index (Phi) is 7.06. The Morgan fingerprint density at radius 2 is 1.97 bits per heavy atom. The lowest BCUT2D eigenvalue weighted by atomic mass is 10.1. The molecule has 166 valence electrons.